The molecular weight excluding hydrogens is 326 g/mol. The van der Waals surface area contributed by atoms with Gasteiger partial charge in [0, 0.05) is 43.3 Å². The monoisotopic (exact) mass is 347 g/mol. The Morgan fingerprint density at radius 3 is 2.50 bits per heavy atom. The summed E-state index contributed by atoms with van der Waals surface area (Å²) < 4.78 is 0. The van der Waals surface area contributed by atoms with Crippen LogP contribution >= 0.6 is 0 Å². The molecule has 132 valence electrons. The highest BCUT2D eigenvalue weighted by Gasteiger charge is 2.06. The Labute approximate surface area is 153 Å². The van der Waals surface area contributed by atoms with Crippen LogP contribution in [0, 0.1) is 0 Å². The fraction of sp³-hybridized carbons (Fsp3) is 0.200. The largest absolute Gasteiger partial charge is 0.359 e. The van der Waals surface area contributed by atoms with Crippen molar-refractivity contribution in [2.75, 3.05) is 23.8 Å². The van der Waals surface area contributed by atoms with Crippen LogP contribution in [-0.2, 0) is 6.42 Å². The minimum absolute atomic E-state index is 0.0525. The van der Waals surface area contributed by atoms with Crippen LogP contribution < -0.4 is 10.2 Å². The molecule has 2 heterocycles. The first-order valence-corrected chi connectivity index (χ1v) is 8.42. The van der Waals surface area contributed by atoms with Gasteiger partial charge in [0.15, 0.2) is 5.78 Å². The number of nitrogens with one attached hydrogen (secondary N) is 1. The summed E-state index contributed by atoms with van der Waals surface area (Å²) in [6, 6.07) is 13.3. The number of rotatable bonds is 7. The molecule has 2 aromatic heterocycles. The van der Waals surface area contributed by atoms with Crippen LogP contribution in [0.3, 0.4) is 0 Å². The first-order chi connectivity index (χ1) is 12.6. The SMILES string of the molecule is CC(=O)c1ccc(Nc2cc(N(C)CCc3ccncc3)ncn2)cc1. The van der Waals surface area contributed by atoms with Crippen molar-refractivity contribution in [1.29, 1.82) is 0 Å². The van der Waals surface area contributed by atoms with Crippen LogP contribution in [0.2, 0.25) is 0 Å². The van der Waals surface area contributed by atoms with Crippen molar-refractivity contribution in [2.24, 2.45) is 0 Å². The Kier molecular flexibility index (Phi) is 5.53. The van der Waals surface area contributed by atoms with Gasteiger partial charge in [-0.05, 0) is 55.3 Å². The maximum Gasteiger partial charge on any atom is 0.159 e. The summed E-state index contributed by atoms with van der Waals surface area (Å²) >= 11 is 0. The van der Waals surface area contributed by atoms with Crippen molar-refractivity contribution in [2.45, 2.75) is 13.3 Å². The molecule has 0 saturated carbocycles. The lowest BCUT2D eigenvalue weighted by atomic mass is 10.1. The van der Waals surface area contributed by atoms with E-state index in [-0.39, 0.29) is 5.78 Å². The number of Topliss-reactive ketones (excluding diaryl/α,β-unsaturated/α-hetero) is 1. The molecule has 0 spiro atoms. The zero-order valence-corrected chi connectivity index (χ0v) is 14.9. The lowest BCUT2D eigenvalue weighted by Gasteiger charge is -2.18. The molecule has 0 saturated heterocycles. The van der Waals surface area contributed by atoms with Crippen LogP contribution in [0.4, 0.5) is 17.3 Å². The summed E-state index contributed by atoms with van der Waals surface area (Å²) in [6.45, 7) is 2.40. The third-order valence-electron chi connectivity index (χ3n) is 4.09. The summed E-state index contributed by atoms with van der Waals surface area (Å²) in [7, 11) is 2.01. The summed E-state index contributed by atoms with van der Waals surface area (Å²) in [6.07, 6.45) is 6.07. The molecule has 0 fully saturated rings. The van der Waals surface area contributed by atoms with E-state index >= 15 is 0 Å². The molecule has 1 aromatic carbocycles. The van der Waals surface area contributed by atoms with E-state index in [1.807, 2.05) is 37.4 Å². The number of aromatic nitrogens is 3. The number of pyridine rings is 1. The average molecular weight is 347 g/mol. The van der Waals surface area contributed by atoms with Crippen molar-refractivity contribution < 1.29 is 4.79 Å². The Morgan fingerprint density at radius 1 is 1.08 bits per heavy atom. The van der Waals surface area contributed by atoms with Crippen molar-refractivity contribution in [3.05, 3.63) is 72.3 Å². The summed E-state index contributed by atoms with van der Waals surface area (Å²) in [5, 5.41) is 3.24. The van der Waals surface area contributed by atoms with E-state index in [2.05, 4.69) is 25.2 Å². The van der Waals surface area contributed by atoms with E-state index in [1.165, 1.54) is 5.56 Å². The van der Waals surface area contributed by atoms with E-state index in [0.29, 0.717) is 11.4 Å². The third-order valence-corrected chi connectivity index (χ3v) is 4.09. The molecule has 26 heavy (non-hydrogen) atoms. The highest BCUT2D eigenvalue weighted by Crippen LogP contribution is 2.19. The van der Waals surface area contributed by atoms with Gasteiger partial charge in [0.2, 0.25) is 0 Å². The number of hydrogen-bond acceptors (Lipinski definition) is 6. The first-order valence-electron chi connectivity index (χ1n) is 8.42. The number of anilines is 3. The van der Waals surface area contributed by atoms with Gasteiger partial charge in [-0.3, -0.25) is 9.78 Å². The summed E-state index contributed by atoms with van der Waals surface area (Å²) in [4.78, 5) is 26.1. The van der Waals surface area contributed by atoms with Crippen molar-refractivity contribution in [3.8, 4) is 0 Å². The van der Waals surface area contributed by atoms with Gasteiger partial charge in [-0.2, -0.15) is 0 Å². The zero-order valence-electron chi connectivity index (χ0n) is 14.9. The van der Waals surface area contributed by atoms with Crippen molar-refractivity contribution >= 4 is 23.1 Å². The van der Waals surface area contributed by atoms with Gasteiger partial charge in [0.25, 0.3) is 0 Å². The summed E-state index contributed by atoms with van der Waals surface area (Å²) in [5.41, 5.74) is 2.80. The maximum atomic E-state index is 11.3. The van der Waals surface area contributed by atoms with Crippen LogP contribution in [0.25, 0.3) is 0 Å². The van der Waals surface area contributed by atoms with Crippen LogP contribution in [0.15, 0.2) is 61.2 Å². The predicted molar refractivity (Wildman–Crippen MR) is 103 cm³/mol. The molecule has 3 aromatic rings. The van der Waals surface area contributed by atoms with E-state index in [0.717, 1.165) is 24.5 Å². The highest BCUT2D eigenvalue weighted by molar-refractivity contribution is 5.94. The van der Waals surface area contributed by atoms with Gasteiger partial charge >= 0.3 is 0 Å². The standard InChI is InChI=1S/C20H21N5O/c1-15(26)17-3-5-18(6-4-17)24-19-13-20(23-14-22-19)25(2)12-9-16-7-10-21-11-8-16/h3-8,10-11,13-14H,9,12H2,1-2H3,(H,22,23,24). The van der Waals surface area contributed by atoms with E-state index in [9.17, 15) is 4.79 Å². The molecule has 6 heteroatoms. The molecule has 1 N–H and O–H groups in total. The molecular formula is C20H21N5O. The van der Waals surface area contributed by atoms with E-state index in [1.54, 1.807) is 37.8 Å². The van der Waals surface area contributed by atoms with Gasteiger partial charge in [-0.25, -0.2) is 9.97 Å². The maximum absolute atomic E-state index is 11.3. The molecule has 0 unspecified atom stereocenters. The Balaban J connectivity index is 1.64. The van der Waals surface area contributed by atoms with Gasteiger partial charge in [-0.1, -0.05) is 0 Å². The first kappa shape index (κ1) is 17.5. The van der Waals surface area contributed by atoms with Gasteiger partial charge in [0.1, 0.15) is 18.0 Å². The Bertz CT molecular complexity index is 865. The van der Waals surface area contributed by atoms with E-state index < -0.39 is 0 Å². The zero-order chi connectivity index (χ0) is 18.4. The average Bonchev–Trinajstić information content (AvgIpc) is 2.67. The molecule has 0 aliphatic heterocycles. The van der Waals surface area contributed by atoms with E-state index in [4.69, 9.17) is 0 Å². The van der Waals surface area contributed by atoms with Crippen LogP contribution in [0.1, 0.15) is 22.8 Å². The Hall–Kier alpha value is -3.28. The minimum Gasteiger partial charge on any atom is -0.359 e. The molecule has 3 rings (SSSR count). The number of carbonyl (C=O) groups excluding carboxylic acids is 1. The quantitative estimate of drug-likeness (QED) is 0.660. The van der Waals surface area contributed by atoms with Crippen LogP contribution in [0.5, 0.6) is 0 Å². The number of hydrogen-bond donors (Lipinski definition) is 1. The second kappa shape index (κ2) is 8.20. The molecule has 0 atom stereocenters. The van der Waals surface area contributed by atoms with Crippen LogP contribution in [-0.4, -0.2) is 34.3 Å². The smallest absolute Gasteiger partial charge is 0.159 e. The molecule has 0 bridgehead atoms. The number of ketones is 1. The number of nitrogens with zero attached hydrogens (tertiary/aromatic N) is 4. The van der Waals surface area contributed by atoms with Crippen molar-refractivity contribution in [1.82, 2.24) is 15.0 Å². The minimum atomic E-state index is 0.0525. The second-order valence-electron chi connectivity index (χ2n) is 6.05. The molecule has 0 radical (unpaired) electrons. The van der Waals surface area contributed by atoms with Gasteiger partial charge in [0.05, 0.1) is 0 Å². The highest BCUT2D eigenvalue weighted by atomic mass is 16.1. The molecule has 0 aliphatic carbocycles. The number of likely N-dealkylation sites (N-methyl/N-ethyl adjacent to an activating group) is 1. The normalized spacial score (nSPS) is 10.4. The number of carbonyl (C=O) groups is 1. The predicted octanol–water partition coefficient (Wildman–Crippen LogP) is 3.50. The molecule has 6 nitrogen and oxygen atoms in total. The molecule has 0 aliphatic rings. The fourth-order valence-corrected chi connectivity index (χ4v) is 2.52. The van der Waals surface area contributed by atoms with Gasteiger partial charge in [-0.15, -0.1) is 0 Å². The number of benzene rings is 1. The lowest BCUT2D eigenvalue weighted by Crippen LogP contribution is -2.21. The molecule has 0 amide bonds. The lowest BCUT2D eigenvalue weighted by molar-refractivity contribution is 0.101. The second-order valence-corrected chi connectivity index (χ2v) is 6.05. The Morgan fingerprint density at radius 2 is 1.81 bits per heavy atom. The van der Waals surface area contributed by atoms with Crippen molar-refractivity contribution in [3.63, 3.8) is 0 Å². The topological polar surface area (TPSA) is 71.0 Å². The fourth-order valence-electron chi connectivity index (χ4n) is 2.52. The third kappa shape index (κ3) is 4.63. The summed E-state index contributed by atoms with van der Waals surface area (Å²) in [5.74, 6) is 1.61. The van der Waals surface area contributed by atoms with Gasteiger partial charge < -0.3 is 10.2 Å².